The molecule has 0 unspecified atom stereocenters. The molecule has 0 heterocycles. The molecule has 378 valence electrons. The first-order valence-corrected chi connectivity index (χ1v) is 28.5. The molecule has 0 saturated carbocycles. The SMILES string of the molecule is c1cc(-c2ccc(-c3ccc4ccc5c(-c6ccc(-c7ccc8ccccc8c7)cc6)ccc6ccc3c4c65)cc2)cc(-c2ccc(-c3ccc4ccc5c(-c6ccc(-c7ccc8ccccc8c7)cc6)ccc6ccc3c4c65)cc2)c1. The van der Waals surface area contributed by atoms with E-state index in [9.17, 15) is 0 Å². The highest BCUT2D eigenvalue weighted by atomic mass is 14.2. The summed E-state index contributed by atoms with van der Waals surface area (Å²) < 4.78 is 0. The average Bonchev–Trinajstić information content (AvgIpc) is 3.71. The van der Waals surface area contributed by atoms with E-state index in [-0.39, 0.29) is 0 Å². The highest BCUT2D eigenvalue weighted by molar-refractivity contribution is 6.29. The van der Waals surface area contributed by atoms with Gasteiger partial charge >= 0.3 is 0 Å². The molecule has 0 amide bonds. The summed E-state index contributed by atoms with van der Waals surface area (Å²) in [7, 11) is 0. The molecule has 0 fully saturated rings. The van der Waals surface area contributed by atoms with Crippen LogP contribution in [0.5, 0.6) is 0 Å². The maximum absolute atomic E-state index is 2.33. The lowest BCUT2D eigenvalue weighted by Crippen LogP contribution is -1.90. The molecule has 17 rings (SSSR count). The van der Waals surface area contributed by atoms with Crippen molar-refractivity contribution in [3.05, 3.63) is 303 Å². The molecule has 0 N–H and O–H groups in total. The Hall–Kier alpha value is -10.7. The van der Waals surface area contributed by atoms with Crippen molar-refractivity contribution in [3.63, 3.8) is 0 Å². The van der Waals surface area contributed by atoms with Gasteiger partial charge in [0.25, 0.3) is 0 Å². The highest BCUT2D eigenvalue weighted by Crippen LogP contribution is 2.45. The van der Waals surface area contributed by atoms with Crippen LogP contribution < -0.4 is 0 Å². The summed E-state index contributed by atoms with van der Waals surface area (Å²) in [5, 5.41) is 20.6. The quantitative estimate of drug-likeness (QED) is 0.133. The van der Waals surface area contributed by atoms with Crippen LogP contribution in [0.2, 0.25) is 0 Å². The Morgan fingerprint density at radius 2 is 0.354 bits per heavy atom. The zero-order valence-corrected chi connectivity index (χ0v) is 44.9. The van der Waals surface area contributed by atoms with Crippen molar-refractivity contribution in [3.8, 4) is 89.0 Å². The van der Waals surface area contributed by atoms with E-state index in [0.29, 0.717) is 0 Å². The van der Waals surface area contributed by atoms with E-state index in [0.717, 1.165) is 0 Å². The lowest BCUT2D eigenvalue weighted by molar-refractivity contribution is 1.58. The van der Waals surface area contributed by atoms with Gasteiger partial charge in [-0.05, 0) is 193 Å². The van der Waals surface area contributed by atoms with Gasteiger partial charge in [0.1, 0.15) is 0 Å². The molecule has 0 aromatic heterocycles. The van der Waals surface area contributed by atoms with Crippen LogP contribution in [0.4, 0.5) is 0 Å². The van der Waals surface area contributed by atoms with E-state index >= 15 is 0 Å². The summed E-state index contributed by atoms with van der Waals surface area (Å²) in [6.07, 6.45) is 0. The molecule has 17 aromatic rings. The first-order chi connectivity index (χ1) is 40.6. The van der Waals surface area contributed by atoms with E-state index in [1.54, 1.807) is 0 Å². The molecule has 0 heteroatoms. The predicted molar refractivity (Wildman–Crippen MR) is 352 cm³/mol. The second kappa shape index (κ2) is 18.5. The summed E-state index contributed by atoms with van der Waals surface area (Å²) in [5.41, 5.74) is 19.6. The van der Waals surface area contributed by atoms with E-state index < -0.39 is 0 Å². The number of fused-ring (bicyclic) bond motifs is 2. The van der Waals surface area contributed by atoms with Gasteiger partial charge < -0.3 is 0 Å². The van der Waals surface area contributed by atoms with Crippen LogP contribution in [0, 0.1) is 0 Å². The number of benzene rings is 17. The van der Waals surface area contributed by atoms with Crippen molar-refractivity contribution in [2.45, 2.75) is 0 Å². The topological polar surface area (TPSA) is 0 Å². The van der Waals surface area contributed by atoms with Crippen LogP contribution in [-0.4, -0.2) is 0 Å². The minimum Gasteiger partial charge on any atom is -0.0616 e. The van der Waals surface area contributed by atoms with Crippen LogP contribution in [0.15, 0.2) is 303 Å². The van der Waals surface area contributed by atoms with Crippen LogP contribution in [0.3, 0.4) is 0 Å². The summed E-state index contributed by atoms with van der Waals surface area (Å²) in [4.78, 5) is 0. The van der Waals surface area contributed by atoms with Crippen LogP contribution in [0.1, 0.15) is 0 Å². The van der Waals surface area contributed by atoms with Gasteiger partial charge in [0.2, 0.25) is 0 Å². The van der Waals surface area contributed by atoms with Crippen molar-refractivity contribution >= 4 is 86.2 Å². The van der Waals surface area contributed by atoms with Crippen LogP contribution in [-0.2, 0) is 0 Å². The molecule has 0 nitrogen and oxygen atoms in total. The number of rotatable bonds is 8. The Balaban J connectivity index is 0.648. The maximum atomic E-state index is 2.33. The van der Waals surface area contributed by atoms with Crippen molar-refractivity contribution in [1.29, 1.82) is 0 Å². The minimum absolute atomic E-state index is 1.20. The molecule has 0 radical (unpaired) electrons. The van der Waals surface area contributed by atoms with Gasteiger partial charge in [0, 0.05) is 0 Å². The molecule has 0 aliphatic carbocycles. The zero-order valence-electron chi connectivity index (χ0n) is 44.9. The average molecular weight is 1040 g/mol. The molecule has 0 bridgehead atoms. The molecule has 0 atom stereocenters. The molecule has 0 aliphatic heterocycles. The highest BCUT2D eigenvalue weighted by Gasteiger charge is 2.18. The van der Waals surface area contributed by atoms with Gasteiger partial charge in [0.15, 0.2) is 0 Å². The normalized spacial score (nSPS) is 11.9. The minimum atomic E-state index is 1.20. The Morgan fingerprint density at radius 1 is 0.122 bits per heavy atom. The molecule has 0 spiro atoms. The van der Waals surface area contributed by atoms with Gasteiger partial charge in [-0.2, -0.15) is 0 Å². The van der Waals surface area contributed by atoms with Gasteiger partial charge in [-0.25, -0.2) is 0 Å². The molecule has 0 aliphatic rings. The summed E-state index contributed by atoms with van der Waals surface area (Å²) in [5.74, 6) is 0. The van der Waals surface area contributed by atoms with Crippen molar-refractivity contribution in [2.24, 2.45) is 0 Å². The van der Waals surface area contributed by atoms with E-state index in [1.165, 1.54) is 175 Å². The fraction of sp³-hybridized carbons (Fsp3) is 0. The van der Waals surface area contributed by atoms with Crippen molar-refractivity contribution in [1.82, 2.24) is 0 Å². The summed E-state index contributed by atoms with van der Waals surface area (Å²) >= 11 is 0. The van der Waals surface area contributed by atoms with Crippen LogP contribution in [0.25, 0.3) is 175 Å². The van der Waals surface area contributed by atoms with Gasteiger partial charge in [-0.1, -0.05) is 285 Å². The summed E-state index contributed by atoms with van der Waals surface area (Å²) in [6.45, 7) is 0. The molecular weight excluding hydrogens is 985 g/mol. The molecule has 0 saturated heterocycles. The third kappa shape index (κ3) is 7.53. The van der Waals surface area contributed by atoms with E-state index in [1.807, 2.05) is 0 Å². The fourth-order valence-electron chi connectivity index (χ4n) is 13.6. The second-order valence-corrected chi connectivity index (χ2v) is 22.3. The maximum Gasteiger partial charge on any atom is -0.00203 e. The fourth-order valence-corrected chi connectivity index (χ4v) is 13.6. The van der Waals surface area contributed by atoms with Gasteiger partial charge in [-0.15, -0.1) is 0 Å². The number of hydrogen-bond acceptors (Lipinski definition) is 0. The Bertz CT molecular complexity index is 5000. The van der Waals surface area contributed by atoms with Gasteiger partial charge in [-0.3, -0.25) is 0 Å². The third-order valence-corrected chi connectivity index (χ3v) is 17.8. The van der Waals surface area contributed by atoms with Crippen molar-refractivity contribution in [2.75, 3.05) is 0 Å². The smallest absolute Gasteiger partial charge is 0.00203 e. The lowest BCUT2D eigenvalue weighted by atomic mass is 9.86. The zero-order chi connectivity index (χ0) is 53.8. The Morgan fingerprint density at radius 3 is 0.659 bits per heavy atom. The molecule has 82 heavy (non-hydrogen) atoms. The number of hydrogen-bond donors (Lipinski definition) is 0. The lowest BCUT2D eigenvalue weighted by Gasteiger charge is -2.17. The third-order valence-electron chi connectivity index (χ3n) is 17.8. The molecule has 17 aromatic carbocycles. The van der Waals surface area contributed by atoms with Crippen LogP contribution >= 0.6 is 0 Å². The monoisotopic (exact) mass is 1030 g/mol. The standard InChI is InChI=1S/C82H50/c1-3-8-65-49-69(30-20-51(65)6-1)55-16-26-59(27-17-55)73-42-34-63-36-44-75-71(40-32-61-38-46-77(73)81(63)79(61)75)57-22-12-53(13-23-57)67-10-5-11-68(48-67)54-14-24-58(25-15-54)72-41-33-62-39-47-78-74(43-35-64-37-45-76(72)80(62)82(64)78)60-28-18-56(19-29-60)70-31-21-52-7-2-4-9-66(52)50-70/h1-50H. The Kier molecular flexibility index (Phi) is 10.4. The van der Waals surface area contributed by atoms with Crippen molar-refractivity contribution < 1.29 is 0 Å². The Labute approximate surface area is 475 Å². The first kappa shape index (κ1) is 46.3. The summed E-state index contributed by atoms with van der Waals surface area (Å²) in [6, 6.07) is 113. The predicted octanol–water partition coefficient (Wildman–Crippen LogP) is 23.1. The van der Waals surface area contributed by atoms with E-state index in [4.69, 9.17) is 0 Å². The molecular formula is C82H50. The first-order valence-electron chi connectivity index (χ1n) is 28.5. The van der Waals surface area contributed by atoms with E-state index in [2.05, 4.69) is 303 Å². The second-order valence-electron chi connectivity index (χ2n) is 22.3. The largest absolute Gasteiger partial charge is 0.0616 e. The van der Waals surface area contributed by atoms with Gasteiger partial charge in [0.05, 0.1) is 0 Å².